The number of hydrogen-bond donors (Lipinski definition) is 1. The Morgan fingerprint density at radius 1 is 0.970 bits per heavy atom. The van der Waals surface area contributed by atoms with Crippen LogP contribution < -0.4 is 5.32 Å². The number of rotatable bonds is 4. The summed E-state index contributed by atoms with van der Waals surface area (Å²) in [6.07, 6.45) is 0.676. The van der Waals surface area contributed by atoms with Crippen LogP contribution in [0.2, 0.25) is 0 Å². The van der Waals surface area contributed by atoms with Crippen LogP contribution in [0.15, 0.2) is 77.2 Å². The van der Waals surface area contributed by atoms with E-state index in [9.17, 15) is 9.59 Å². The van der Waals surface area contributed by atoms with Crippen LogP contribution in [0, 0.1) is 5.92 Å². The molecule has 0 bridgehead atoms. The number of anilines is 1. The van der Waals surface area contributed by atoms with Crippen LogP contribution in [-0.4, -0.2) is 23.3 Å². The van der Waals surface area contributed by atoms with Gasteiger partial charge in [0.25, 0.3) is 5.91 Å². The second-order valence-electron chi connectivity index (χ2n) is 8.79. The number of carbonyl (C=O) groups excluding carboxylic acids is 2. The molecule has 0 aliphatic carbocycles. The first-order valence-corrected chi connectivity index (χ1v) is 11.3. The monoisotopic (exact) mass is 438 g/mol. The molecule has 5 nitrogen and oxygen atoms in total. The molecular weight excluding hydrogens is 412 g/mol. The lowest BCUT2D eigenvalue weighted by Gasteiger charge is -2.26. The predicted octanol–water partition coefficient (Wildman–Crippen LogP) is 5.89. The number of benzene rings is 3. The molecule has 5 rings (SSSR count). The third-order valence-electron chi connectivity index (χ3n) is 6.11. The molecule has 5 heteroatoms. The Hall–Kier alpha value is -3.86. The van der Waals surface area contributed by atoms with Gasteiger partial charge in [0.2, 0.25) is 5.91 Å². The number of hydrogen-bond acceptors (Lipinski definition) is 3. The molecule has 1 N–H and O–H groups in total. The van der Waals surface area contributed by atoms with Crippen LogP contribution in [0.1, 0.15) is 35.5 Å². The zero-order valence-electron chi connectivity index (χ0n) is 18.8. The molecular formula is C28H26N2O3. The van der Waals surface area contributed by atoms with E-state index in [1.54, 1.807) is 0 Å². The summed E-state index contributed by atoms with van der Waals surface area (Å²) in [5, 5.41) is 4.98. The summed E-state index contributed by atoms with van der Waals surface area (Å²) in [4.78, 5) is 27.3. The molecule has 0 unspecified atom stereocenters. The predicted molar refractivity (Wildman–Crippen MR) is 130 cm³/mol. The molecule has 33 heavy (non-hydrogen) atoms. The SMILES string of the molecule is CC(C)C(=O)Nc1cccc(-c2cc3c(o2)CCN(C(=O)c2cccc4ccccc24)C3)c1. The largest absolute Gasteiger partial charge is 0.461 e. The Kier molecular flexibility index (Phi) is 5.47. The van der Waals surface area contributed by atoms with Crippen molar-refractivity contribution in [1.29, 1.82) is 0 Å². The first kappa shape index (κ1) is 21.0. The van der Waals surface area contributed by atoms with Crippen molar-refractivity contribution in [3.05, 3.63) is 89.7 Å². The van der Waals surface area contributed by atoms with E-state index >= 15 is 0 Å². The first-order valence-electron chi connectivity index (χ1n) is 11.3. The van der Waals surface area contributed by atoms with Crippen molar-refractivity contribution >= 4 is 28.3 Å². The van der Waals surface area contributed by atoms with Gasteiger partial charge in [-0.2, -0.15) is 0 Å². The van der Waals surface area contributed by atoms with Gasteiger partial charge in [0, 0.05) is 47.8 Å². The lowest BCUT2D eigenvalue weighted by molar-refractivity contribution is -0.118. The van der Waals surface area contributed by atoms with Gasteiger partial charge < -0.3 is 14.6 Å². The molecule has 0 saturated carbocycles. The van der Waals surface area contributed by atoms with Crippen molar-refractivity contribution in [2.75, 3.05) is 11.9 Å². The molecule has 166 valence electrons. The molecule has 0 spiro atoms. The fourth-order valence-corrected chi connectivity index (χ4v) is 4.27. The standard InChI is InChI=1S/C28H26N2O3/c1-18(2)27(31)29-22-10-5-9-20(15-22)26-16-21-17-30(14-13-25(21)33-26)28(32)24-12-6-8-19-7-3-4-11-23(19)24/h3-12,15-16,18H,13-14,17H2,1-2H3,(H,29,31). The smallest absolute Gasteiger partial charge is 0.254 e. The maximum atomic E-state index is 13.4. The molecule has 1 aromatic heterocycles. The Labute approximate surface area is 193 Å². The highest BCUT2D eigenvalue weighted by Crippen LogP contribution is 2.32. The van der Waals surface area contributed by atoms with Crippen LogP contribution in [0.5, 0.6) is 0 Å². The second-order valence-corrected chi connectivity index (χ2v) is 8.79. The van der Waals surface area contributed by atoms with Crippen LogP contribution in [0.4, 0.5) is 5.69 Å². The van der Waals surface area contributed by atoms with Gasteiger partial charge in [-0.25, -0.2) is 0 Å². The third-order valence-corrected chi connectivity index (χ3v) is 6.11. The fraction of sp³-hybridized carbons (Fsp3) is 0.214. The van der Waals surface area contributed by atoms with Crippen molar-refractivity contribution in [1.82, 2.24) is 4.90 Å². The molecule has 0 atom stereocenters. The highest BCUT2D eigenvalue weighted by molar-refractivity contribution is 6.07. The van der Waals surface area contributed by atoms with Crippen LogP contribution in [0.25, 0.3) is 22.1 Å². The minimum Gasteiger partial charge on any atom is -0.461 e. The molecule has 1 aliphatic rings. The van der Waals surface area contributed by atoms with Gasteiger partial charge >= 0.3 is 0 Å². The van der Waals surface area contributed by atoms with Crippen LogP contribution in [0.3, 0.4) is 0 Å². The summed E-state index contributed by atoms with van der Waals surface area (Å²) in [6, 6.07) is 23.5. The molecule has 3 aromatic carbocycles. The van der Waals surface area contributed by atoms with E-state index in [0.29, 0.717) is 19.5 Å². The number of furan rings is 1. The minimum atomic E-state index is -0.0881. The van der Waals surface area contributed by atoms with Gasteiger partial charge in [-0.1, -0.05) is 62.4 Å². The van der Waals surface area contributed by atoms with E-state index < -0.39 is 0 Å². The normalized spacial score (nSPS) is 13.2. The maximum absolute atomic E-state index is 13.4. The van der Waals surface area contributed by atoms with E-state index in [1.807, 2.05) is 91.5 Å². The number of amides is 2. The third kappa shape index (κ3) is 4.14. The van der Waals surface area contributed by atoms with Gasteiger partial charge in [0.15, 0.2) is 0 Å². The summed E-state index contributed by atoms with van der Waals surface area (Å²) in [5.74, 6) is 1.60. The minimum absolute atomic E-state index is 0.0199. The van der Waals surface area contributed by atoms with Crippen LogP contribution in [-0.2, 0) is 17.8 Å². The first-order chi connectivity index (χ1) is 16.0. The number of nitrogens with one attached hydrogen (secondary N) is 1. The van der Waals surface area contributed by atoms with Gasteiger partial charge in [-0.15, -0.1) is 0 Å². The van der Waals surface area contributed by atoms with Crippen molar-refractivity contribution in [3.8, 4) is 11.3 Å². The Morgan fingerprint density at radius 2 is 1.76 bits per heavy atom. The molecule has 1 aliphatic heterocycles. The molecule has 4 aromatic rings. The van der Waals surface area contributed by atoms with Crippen molar-refractivity contribution < 1.29 is 14.0 Å². The van der Waals surface area contributed by atoms with Gasteiger partial charge in [-0.3, -0.25) is 9.59 Å². The van der Waals surface area contributed by atoms with E-state index in [2.05, 4.69) is 5.32 Å². The van der Waals surface area contributed by atoms with Gasteiger partial charge in [0.05, 0.1) is 0 Å². The highest BCUT2D eigenvalue weighted by Gasteiger charge is 2.26. The Morgan fingerprint density at radius 3 is 2.61 bits per heavy atom. The van der Waals surface area contributed by atoms with Crippen molar-refractivity contribution in [2.24, 2.45) is 5.92 Å². The van der Waals surface area contributed by atoms with Gasteiger partial charge in [0.1, 0.15) is 11.5 Å². The topological polar surface area (TPSA) is 62.6 Å². The number of nitrogens with zero attached hydrogens (tertiary/aromatic N) is 1. The Bertz CT molecular complexity index is 1350. The average molecular weight is 439 g/mol. The quantitative estimate of drug-likeness (QED) is 0.432. The molecule has 2 amide bonds. The summed E-state index contributed by atoms with van der Waals surface area (Å²) < 4.78 is 6.15. The summed E-state index contributed by atoms with van der Waals surface area (Å²) >= 11 is 0. The fourth-order valence-electron chi connectivity index (χ4n) is 4.27. The highest BCUT2D eigenvalue weighted by atomic mass is 16.3. The van der Waals surface area contributed by atoms with E-state index in [-0.39, 0.29) is 17.7 Å². The number of fused-ring (bicyclic) bond motifs is 2. The van der Waals surface area contributed by atoms with Gasteiger partial charge in [-0.05, 0) is 35.0 Å². The van der Waals surface area contributed by atoms with E-state index in [4.69, 9.17) is 4.42 Å². The zero-order valence-corrected chi connectivity index (χ0v) is 18.8. The lowest BCUT2D eigenvalue weighted by Crippen LogP contribution is -2.35. The zero-order chi connectivity index (χ0) is 22.9. The van der Waals surface area contributed by atoms with E-state index in [1.165, 1.54) is 0 Å². The molecule has 0 radical (unpaired) electrons. The molecule has 0 fully saturated rings. The molecule has 0 saturated heterocycles. The molecule has 2 heterocycles. The van der Waals surface area contributed by atoms with E-state index in [0.717, 1.165) is 44.7 Å². The summed E-state index contributed by atoms with van der Waals surface area (Å²) in [5.41, 5.74) is 3.40. The van der Waals surface area contributed by atoms with Crippen molar-refractivity contribution in [3.63, 3.8) is 0 Å². The maximum Gasteiger partial charge on any atom is 0.254 e. The van der Waals surface area contributed by atoms with Crippen molar-refractivity contribution in [2.45, 2.75) is 26.8 Å². The second kappa shape index (κ2) is 8.58. The summed E-state index contributed by atoms with van der Waals surface area (Å²) in [6.45, 7) is 4.87. The van der Waals surface area contributed by atoms with Crippen LogP contribution >= 0.6 is 0 Å². The number of carbonyl (C=O) groups is 2. The average Bonchev–Trinajstić information content (AvgIpc) is 3.27. The summed E-state index contributed by atoms with van der Waals surface area (Å²) in [7, 11) is 0. The lowest BCUT2D eigenvalue weighted by atomic mass is 10.0. The Balaban J connectivity index is 1.38.